The minimum Gasteiger partial charge on any atom is -0.493 e. The number of carbonyl (C=O) groups is 2. The largest absolute Gasteiger partial charge is 0.493 e. The lowest BCUT2D eigenvalue weighted by Gasteiger charge is -2.10. The zero-order valence-electron chi connectivity index (χ0n) is 15.5. The van der Waals surface area contributed by atoms with Crippen LogP contribution < -0.4 is 14.9 Å². The quantitative estimate of drug-likeness (QED) is 0.285. The summed E-state index contributed by atoms with van der Waals surface area (Å²) in [4.78, 5) is 24.4. The molecule has 1 amide bonds. The number of nitrogens with one attached hydrogen (secondary N) is 1. The third kappa shape index (κ3) is 5.43. The summed E-state index contributed by atoms with van der Waals surface area (Å²) in [5, 5.41) is 4.39. The summed E-state index contributed by atoms with van der Waals surface area (Å²) in [6.45, 7) is 0. The number of ether oxygens (including phenoxy) is 2. The average molecular weight is 409 g/mol. The molecule has 29 heavy (non-hydrogen) atoms. The van der Waals surface area contributed by atoms with E-state index in [0.29, 0.717) is 27.5 Å². The van der Waals surface area contributed by atoms with Crippen LogP contribution in [0.15, 0.2) is 77.9 Å². The lowest BCUT2D eigenvalue weighted by molar-refractivity contribution is 0.0729. The zero-order chi connectivity index (χ0) is 20.6. The maximum atomic E-state index is 12.3. The third-order valence-corrected chi connectivity index (χ3v) is 4.10. The fourth-order valence-corrected chi connectivity index (χ4v) is 2.64. The molecule has 3 rings (SSSR count). The molecular formula is C22H17ClN2O4. The highest BCUT2D eigenvalue weighted by molar-refractivity contribution is 6.30. The lowest BCUT2D eigenvalue weighted by Crippen LogP contribution is -2.17. The number of hydrogen-bond acceptors (Lipinski definition) is 5. The minimum absolute atomic E-state index is 0.242. The highest BCUT2D eigenvalue weighted by Gasteiger charge is 2.12. The SMILES string of the molecule is COc1ccc(/C=N/NC(=O)c2cccc(Cl)c2)cc1OC(=O)c1ccccc1. The Hall–Kier alpha value is -3.64. The summed E-state index contributed by atoms with van der Waals surface area (Å²) in [6, 6.07) is 20.1. The molecular weight excluding hydrogens is 392 g/mol. The van der Waals surface area contributed by atoms with E-state index >= 15 is 0 Å². The topological polar surface area (TPSA) is 77.0 Å². The fraction of sp³-hybridized carbons (Fsp3) is 0.0455. The van der Waals surface area contributed by atoms with Crippen molar-refractivity contribution in [2.24, 2.45) is 5.10 Å². The molecule has 0 radical (unpaired) electrons. The highest BCUT2D eigenvalue weighted by Crippen LogP contribution is 2.28. The Morgan fingerprint density at radius 1 is 0.931 bits per heavy atom. The number of hydrazone groups is 1. The molecule has 0 fully saturated rings. The standard InChI is InChI=1S/C22H17ClN2O4/c1-28-19-11-10-15(12-20(19)29-22(27)16-6-3-2-4-7-16)14-24-25-21(26)17-8-5-9-18(23)13-17/h2-14H,1H3,(H,25,26)/b24-14+. The molecule has 0 atom stereocenters. The second kappa shape index (κ2) is 9.52. The molecule has 0 aromatic heterocycles. The predicted octanol–water partition coefficient (Wildman–Crippen LogP) is 4.33. The summed E-state index contributed by atoms with van der Waals surface area (Å²) in [7, 11) is 1.48. The summed E-state index contributed by atoms with van der Waals surface area (Å²) in [5.41, 5.74) is 3.84. The van der Waals surface area contributed by atoms with Gasteiger partial charge in [-0.3, -0.25) is 4.79 Å². The number of hydrogen-bond donors (Lipinski definition) is 1. The van der Waals surface area contributed by atoms with Gasteiger partial charge in [-0.25, -0.2) is 10.2 Å². The summed E-state index contributed by atoms with van der Waals surface area (Å²) < 4.78 is 10.7. The van der Waals surface area contributed by atoms with E-state index in [-0.39, 0.29) is 5.75 Å². The van der Waals surface area contributed by atoms with Gasteiger partial charge in [0.05, 0.1) is 18.9 Å². The van der Waals surface area contributed by atoms with E-state index in [0.717, 1.165) is 0 Å². The molecule has 0 bridgehead atoms. The highest BCUT2D eigenvalue weighted by atomic mass is 35.5. The van der Waals surface area contributed by atoms with Crippen molar-refractivity contribution in [2.45, 2.75) is 0 Å². The van der Waals surface area contributed by atoms with E-state index in [1.54, 1.807) is 66.7 Å². The molecule has 7 heteroatoms. The maximum Gasteiger partial charge on any atom is 0.343 e. The van der Waals surface area contributed by atoms with Gasteiger partial charge in [0.2, 0.25) is 0 Å². The van der Waals surface area contributed by atoms with Crippen LogP contribution in [0, 0.1) is 0 Å². The fourth-order valence-electron chi connectivity index (χ4n) is 2.45. The van der Waals surface area contributed by atoms with Gasteiger partial charge in [-0.15, -0.1) is 0 Å². The Morgan fingerprint density at radius 2 is 1.69 bits per heavy atom. The molecule has 0 heterocycles. The van der Waals surface area contributed by atoms with Crippen LogP contribution in [0.4, 0.5) is 0 Å². The first kappa shape index (κ1) is 20.1. The van der Waals surface area contributed by atoms with E-state index in [1.165, 1.54) is 13.3 Å². The van der Waals surface area contributed by atoms with Crippen LogP contribution in [-0.2, 0) is 0 Å². The molecule has 146 valence electrons. The van der Waals surface area contributed by atoms with Crippen LogP contribution in [0.3, 0.4) is 0 Å². The molecule has 3 aromatic rings. The van der Waals surface area contributed by atoms with Crippen molar-refractivity contribution < 1.29 is 19.1 Å². The lowest BCUT2D eigenvalue weighted by atomic mass is 10.2. The zero-order valence-corrected chi connectivity index (χ0v) is 16.2. The Kier molecular flexibility index (Phi) is 6.60. The first-order valence-corrected chi connectivity index (χ1v) is 8.99. The predicted molar refractivity (Wildman–Crippen MR) is 111 cm³/mol. The second-order valence-corrected chi connectivity index (χ2v) is 6.31. The second-order valence-electron chi connectivity index (χ2n) is 5.88. The third-order valence-electron chi connectivity index (χ3n) is 3.87. The van der Waals surface area contributed by atoms with Crippen LogP contribution in [0.2, 0.25) is 5.02 Å². The van der Waals surface area contributed by atoms with Gasteiger partial charge in [0.1, 0.15) is 0 Å². The number of benzene rings is 3. The van der Waals surface area contributed by atoms with E-state index in [2.05, 4.69) is 10.5 Å². The number of amides is 1. The molecule has 0 aliphatic carbocycles. The van der Waals surface area contributed by atoms with Crippen LogP contribution in [-0.4, -0.2) is 25.2 Å². The van der Waals surface area contributed by atoms with E-state index in [9.17, 15) is 9.59 Å². The first-order chi connectivity index (χ1) is 14.1. The van der Waals surface area contributed by atoms with Crippen molar-refractivity contribution in [3.63, 3.8) is 0 Å². The van der Waals surface area contributed by atoms with Crippen LogP contribution in [0.25, 0.3) is 0 Å². The maximum absolute atomic E-state index is 12.3. The summed E-state index contributed by atoms with van der Waals surface area (Å²) >= 11 is 5.88. The monoisotopic (exact) mass is 408 g/mol. The van der Waals surface area contributed by atoms with E-state index in [4.69, 9.17) is 21.1 Å². The van der Waals surface area contributed by atoms with Gasteiger partial charge in [0, 0.05) is 10.6 Å². The Labute approximate surface area is 172 Å². The molecule has 0 saturated carbocycles. The van der Waals surface area contributed by atoms with Gasteiger partial charge < -0.3 is 9.47 Å². The average Bonchev–Trinajstić information content (AvgIpc) is 2.74. The number of rotatable bonds is 6. The van der Waals surface area contributed by atoms with Crippen molar-refractivity contribution in [3.8, 4) is 11.5 Å². The molecule has 0 aliphatic heterocycles. The number of methoxy groups -OCH3 is 1. The number of nitrogens with zero attached hydrogens (tertiary/aromatic N) is 1. The van der Waals surface area contributed by atoms with Gasteiger partial charge >= 0.3 is 5.97 Å². The normalized spacial score (nSPS) is 10.6. The van der Waals surface area contributed by atoms with Crippen molar-refractivity contribution in [1.29, 1.82) is 0 Å². The van der Waals surface area contributed by atoms with Crippen LogP contribution in [0.5, 0.6) is 11.5 Å². The van der Waals surface area contributed by atoms with Gasteiger partial charge in [0.25, 0.3) is 5.91 Å². The van der Waals surface area contributed by atoms with Gasteiger partial charge in [0.15, 0.2) is 11.5 Å². The number of carbonyl (C=O) groups excluding carboxylic acids is 2. The van der Waals surface area contributed by atoms with Crippen LogP contribution in [0.1, 0.15) is 26.3 Å². The van der Waals surface area contributed by atoms with Gasteiger partial charge in [-0.05, 0) is 54.1 Å². The van der Waals surface area contributed by atoms with Crippen molar-refractivity contribution in [1.82, 2.24) is 5.43 Å². The molecule has 6 nitrogen and oxygen atoms in total. The van der Waals surface area contributed by atoms with Crippen molar-refractivity contribution in [3.05, 3.63) is 94.5 Å². The molecule has 1 N–H and O–H groups in total. The molecule has 0 aliphatic rings. The molecule has 3 aromatic carbocycles. The van der Waals surface area contributed by atoms with Crippen molar-refractivity contribution in [2.75, 3.05) is 7.11 Å². The Balaban J connectivity index is 1.71. The first-order valence-electron chi connectivity index (χ1n) is 8.61. The minimum atomic E-state index is -0.507. The molecule has 0 spiro atoms. The van der Waals surface area contributed by atoms with E-state index < -0.39 is 11.9 Å². The van der Waals surface area contributed by atoms with Gasteiger partial charge in [-0.1, -0.05) is 35.9 Å². The summed E-state index contributed by atoms with van der Waals surface area (Å²) in [6.07, 6.45) is 1.43. The molecule has 0 saturated heterocycles. The Bertz CT molecular complexity index is 1050. The van der Waals surface area contributed by atoms with E-state index in [1.807, 2.05) is 6.07 Å². The smallest absolute Gasteiger partial charge is 0.343 e. The van der Waals surface area contributed by atoms with Crippen LogP contribution >= 0.6 is 11.6 Å². The Morgan fingerprint density at radius 3 is 2.41 bits per heavy atom. The number of halogens is 1. The summed E-state index contributed by atoms with van der Waals surface area (Å²) in [5.74, 6) is -0.263. The molecule has 0 unspecified atom stereocenters. The number of esters is 1. The van der Waals surface area contributed by atoms with Crippen molar-refractivity contribution >= 4 is 29.7 Å². The van der Waals surface area contributed by atoms with Gasteiger partial charge in [-0.2, -0.15) is 5.10 Å².